The normalized spacial score (nSPS) is 11.1. The minimum Gasteiger partial charge on any atom is -0.306 e. The zero-order valence-electron chi connectivity index (χ0n) is 10.2. The Labute approximate surface area is 123 Å². The van der Waals surface area contributed by atoms with Gasteiger partial charge in [0.2, 0.25) is 0 Å². The van der Waals surface area contributed by atoms with E-state index in [9.17, 15) is 0 Å². The van der Waals surface area contributed by atoms with Crippen molar-refractivity contribution >= 4 is 33.3 Å². The van der Waals surface area contributed by atoms with Crippen molar-refractivity contribution in [3.8, 4) is 0 Å². The predicted octanol–water partition coefficient (Wildman–Crippen LogP) is 3.49. The Morgan fingerprint density at radius 1 is 1.21 bits per heavy atom. The lowest BCUT2D eigenvalue weighted by Gasteiger charge is -1.97. The summed E-state index contributed by atoms with van der Waals surface area (Å²) in [5, 5.41) is 0.790. The number of thioether (sulfide) groups is 1. The van der Waals surface area contributed by atoms with E-state index in [1.807, 2.05) is 41.9 Å². The average molecular weight is 335 g/mol. The van der Waals surface area contributed by atoms with Crippen LogP contribution in [0.4, 0.5) is 0 Å². The monoisotopic (exact) mass is 334 g/mol. The zero-order chi connectivity index (χ0) is 13.2. The molecule has 3 rings (SSSR count). The van der Waals surface area contributed by atoms with Crippen molar-refractivity contribution in [3.05, 3.63) is 52.7 Å². The average Bonchev–Trinajstić information content (AvgIpc) is 2.78. The van der Waals surface area contributed by atoms with Gasteiger partial charge in [0, 0.05) is 34.5 Å². The topological polar surface area (TPSA) is 43.1 Å². The van der Waals surface area contributed by atoms with Crippen LogP contribution < -0.4 is 0 Å². The molecule has 96 valence electrons. The van der Waals surface area contributed by atoms with E-state index in [0.29, 0.717) is 0 Å². The van der Waals surface area contributed by atoms with Crippen molar-refractivity contribution in [1.29, 1.82) is 0 Å². The molecule has 0 unspecified atom stereocenters. The summed E-state index contributed by atoms with van der Waals surface area (Å²) < 4.78 is 3.05. The van der Waals surface area contributed by atoms with Gasteiger partial charge in [0.05, 0.1) is 5.69 Å². The number of aromatic nitrogens is 4. The maximum absolute atomic E-state index is 4.56. The summed E-state index contributed by atoms with van der Waals surface area (Å²) >= 11 is 5.05. The molecule has 0 amide bonds. The van der Waals surface area contributed by atoms with E-state index in [0.717, 1.165) is 32.4 Å². The first kappa shape index (κ1) is 12.6. The molecule has 0 aromatic carbocycles. The fourth-order valence-corrected chi connectivity index (χ4v) is 2.83. The number of hydrogen-bond acceptors (Lipinski definition) is 4. The van der Waals surface area contributed by atoms with Gasteiger partial charge in [-0.15, -0.1) is 0 Å². The van der Waals surface area contributed by atoms with Crippen molar-refractivity contribution in [2.75, 3.05) is 0 Å². The fourth-order valence-electron chi connectivity index (χ4n) is 1.72. The second-order valence-corrected chi connectivity index (χ2v) is 5.97. The van der Waals surface area contributed by atoms with Gasteiger partial charge in [0.15, 0.2) is 5.16 Å². The van der Waals surface area contributed by atoms with Gasteiger partial charge in [0.25, 0.3) is 0 Å². The summed E-state index contributed by atoms with van der Waals surface area (Å²) in [6, 6.07) is 5.87. The van der Waals surface area contributed by atoms with E-state index in [-0.39, 0.29) is 0 Å². The van der Waals surface area contributed by atoms with Gasteiger partial charge in [-0.25, -0.2) is 15.0 Å². The molecule has 0 aliphatic heterocycles. The van der Waals surface area contributed by atoms with Gasteiger partial charge in [-0.3, -0.25) is 0 Å². The van der Waals surface area contributed by atoms with E-state index in [4.69, 9.17) is 0 Å². The van der Waals surface area contributed by atoms with Gasteiger partial charge in [-0.05, 0) is 41.1 Å². The van der Waals surface area contributed by atoms with Gasteiger partial charge in [-0.1, -0.05) is 11.8 Å². The number of pyridine rings is 1. The van der Waals surface area contributed by atoms with Crippen molar-refractivity contribution in [1.82, 2.24) is 19.4 Å². The largest absolute Gasteiger partial charge is 0.306 e. The summed E-state index contributed by atoms with van der Waals surface area (Å²) in [5.74, 6) is 0.767. The predicted molar refractivity (Wildman–Crippen MR) is 79.2 cm³/mol. The molecule has 0 fully saturated rings. The highest BCUT2D eigenvalue weighted by Gasteiger charge is 2.04. The Balaban J connectivity index is 1.78. The third-order valence-electron chi connectivity index (χ3n) is 2.59. The smallest absolute Gasteiger partial charge is 0.188 e. The Hall–Kier alpha value is -1.40. The summed E-state index contributed by atoms with van der Waals surface area (Å²) in [5.41, 5.74) is 2.95. The molecule has 0 saturated heterocycles. The third kappa shape index (κ3) is 2.96. The van der Waals surface area contributed by atoms with Crippen LogP contribution in [0.1, 0.15) is 11.4 Å². The zero-order valence-corrected chi connectivity index (χ0v) is 12.6. The highest BCUT2D eigenvalue weighted by atomic mass is 79.9. The van der Waals surface area contributed by atoms with Gasteiger partial charge in [-0.2, -0.15) is 0 Å². The first-order chi connectivity index (χ1) is 9.20. The number of aryl methyl sites for hydroxylation is 1. The summed E-state index contributed by atoms with van der Waals surface area (Å²) in [6.07, 6.45) is 5.81. The van der Waals surface area contributed by atoms with Crippen LogP contribution in [-0.4, -0.2) is 19.4 Å². The van der Waals surface area contributed by atoms with Crippen LogP contribution in [0.15, 0.2) is 46.4 Å². The molecule has 0 spiro atoms. The molecule has 0 bridgehead atoms. The van der Waals surface area contributed by atoms with Crippen LogP contribution in [0.25, 0.3) is 5.65 Å². The number of hydrogen-bond donors (Lipinski definition) is 0. The molecule has 0 atom stereocenters. The fraction of sp³-hybridized carbons (Fsp3) is 0.154. The lowest BCUT2D eigenvalue weighted by atomic mass is 10.5. The number of nitrogens with zero attached hydrogens (tertiary/aromatic N) is 4. The number of fused-ring (bicyclic) bond motifs is 1. The molecule has 0 aliphatic carbocycles. The second-order valence-electron chi connectivity index (χ2n) is 4.11. The third-order valence-corrected chi connectivity index (χ3v) is 3.95. The van der Waals surface area contributed by atoms with Crippen LogP contribution in [0.5, 0.6) is 0 Å². The molecule has 3 aromatic heterocycles. The molecule has 0 saturated carbocycles. The summed E-state index contributed by atoms with van der Waals surface area (Å²) in [4.78, 5) is 13.2. The van der Waals surface area contributed by atoms with Crippen LogP contribution in [0.2, 0.25) is 0 Å². The summed E-state index contributed by atoms with van der Waals surface area (Å²) in [6.45, 7) is 1.97. The number of halogens is 1. The van der Waals surface area contributed by atoms with Crippen molar-refractivity contribution in [2.45, 2.75) is 17.8 Å². The minimum absolute atomic E-state index is 0.767. The first-order valence-electron chi connectivity index (χ1n) is 5.76. The van der Waals surface area contributed by atoms with E-state index in [1.165, 1.54) is 0 Å². The number of rotatable bonds is 3. The highest BCUT2D eigenvalue weighted by Crippen LogP contribution is 2.20. The Bertz CT molecular complexity index is 725. The highest BCUT2D eigenvalue weighted by molar-refractivity contribution is 9.10. The van der Waals surface area contributed by atoms with Crippen molar-refractivity contribution < 1.29 is 0 Å². The Morgan fingerprint density at radius 2 is 2.11 bits per heavy atom. The Morgan fingerprint density at radius 3 is 2.95 bits per heavy atom. The minimum atomic E-state index is 0.767. The van der Waals surface area contributed by atoms with Crippen LogP contribution >= 0.6 is 27.7 Å². The maximum atomic E-state index is 4.56. The van der Waals surface area contributed by atoms with Crippen LogP contribution in [0.3, 0.4) is 0 Å². The molecule has 19 heavy (non-hydrogen) atoms. The molecule has 0 aliphatic rings. The molecular weight excluding hydrogens is 324 g/mol. The molecule has 3 aromatic rings. The quantitative estimate of drug-likeness (QED) is 0.543. The lowest BCUT2D eigenvalue weighted by molar-refractivity contribution is 0.931. The van der Waals surface area contributed by atoms with Crippen LogP contribution in [-0.2, 0) is 5.75 Å². The summed E-state index contributed by atoms with van der Waals surface area (Å²) in [7, 11) is 0. The molecule has 6 heteroatoms. The molecule has 4 nitrogen and oxygen atoms in total. The van der Waals surface area contributed by atoms with Crippen molar-refractivity contribution in [2.24, 2.45) is 0 Å². The molecular formula is C13H11BrN4S. The standard InChI is InChI=1S/C13H11BrN4S/c1-9-4-5-15-13(16-9)19-8-11-7-18-6-10(14)2-3-12(18)17-11/h2-7H,8H2,1H3. The first-order valence-corrected chi connectivity index (χ1v) is 7.54. The Kier molecular flexibility index (Phi) is 3.52. The molecule has 3 heterocycles. The van der Waals surface area contributed by atoms with Gasteiger partial charge >= 0.3 is 0 Å². The number of imidazole rings is 1. The van der Waals surface area contributed by atoms with Gasteiger partial charge < -0.3 is 4.40 Å². The molecule has 0 radical (unpaired) electrons. The van der Waals surface area contributed by atoms with E-state index < -0.39 is 0 Å². The van der Waals surface area contributed by atoms with E-state index in [2.05, 4.69) is 30.9 Å². The van der Waals surface area contributed by atoms with Crippen molar-refractivity contribution in [3.63, 3.8) is 0 Å². The van der Waals surface area contributed by atoms with Crippen LogP contribution in [0, 0.1) is 6.92 Å². The second kappa shape index (κ2) is 5.30. The molecule has 0 N–H and O–H groups in total. The van der Waals surface area contributed by atoms with E-state index >= 15 is 0 Å². The maximum Gasteiger partial charge on any atom is 0.188 e. The SMILES string of the molecule is Cc1ccnc(SCc2cn3cc(Br)ccc3n2)n1. The van der Waals surface area contributed by atoms with E-state index in [1.54, 1.807) is 18.0 Å². The van der Waals surface area contributed by atoms with Gasteiger partial charge in [0.1, 0.15) is 5.65 Å². The lowest BCUT2D eigenvalue weighted by Crippen LogP contribution is -1.89.